The van der Waals surface area contributed by atoms with Gasteiger partial charge in [0.1, 0.15) is 0 Å². The Bertz CT molecular complexity index is 769. The fourth-order valence-electron chi connectivity index (χ4n) is 3.29. The van der Waals surface area contributed by atoms with E-state index in [2.05, 4.69) is 4.90 Å². The molecular weight excluding hydrogens is 372 g/mol. The molecule has 2 aliphatic rings. The minimum Gasteiger partial charge on any atom is -0.368 e. The van der Waals surface area contributed by atoms with Crippen molar-refractivity contribution in [2.75, 3.05) is 48.3 Å². The van der Waals surface area contributed by atoms with Gasteiger partial charge in [-0.15, -0.1) is 11.8 Å². The summed E-state index contributed by atoms with van der Waals surface area (Å²) >= 11 is 1.47. The largest absolute Gasteiger partial charge is 0.368 e. The molecule has 0 saturated carbocycles. The summed E-state index contributed by atoms with van der Waals surface area (Å²) in [5, 5.41) is 0.0602. The molecule has 0 N–H and O–H groups in total. The number of rotatable bonds is 5. The van der Waals surface area contributed by atoms with Crippen molar-refractivity contribution in [3.8, 4) is 0 Å². The fraction of sp³-hybridized carbons (Fsp3) is 0.556. The van der Waals surface area contributed by atoms with Crippen LogP contribution in [0.25, 0.3) is 0 Å². The number of carbonyl (C=O) groups is 2. The van der Waals surface area contributed by atoms with E-state index in [1.165, 1.54) is 11.8 Å². The molecule has 1 aromatic carbocycles. The standard InChI is InChI=1S/C18H24N2O4S2/c1-14(21)15-2-4-16(5-3-15)19-7-9-20(10-8-19)18(22)12-25-17-6-11-26(23,24)13-17/h2-5,17H,6-13H2,1H3/t17-/m0/s1. The number of ketones is 1. The van der Waals surface area contributed by atoms with Crippen molar-refractivity contribution >= 4 is 39.0 Å². The highest BCUT2D eigenvalue weighted by atomic mass is 32.2. The summed E-state index contributed by atoms with van der Waals surface area (Å²) in [7, 11) is -2.89. The van der Waals surface area contributed by atoms with Crippen LogP contribution in [0.3, 0.4) is 0 Å². The lowest BCUT2D eigenvalue weighted by Gasteiger charge is -2.36. The van der Waals surface area contributed by atoms with Gasteiger partial charge in [-0.05, 0) is 37.6 Å². The van der Waals surface area contributed by atoms with Gasteiger partial charge in [-0.2, -0.15) is 0 Å². The second-order valence-electron chi connectivity index (χ2n) is 6.81. The quantitative estimate of drug-likeness (QED) is 0.702. The zero-order valence-electron chi connectivity index (χ0n) is 14.9. The molecule has 2 aliphatic heterocycles. The van der Waals surface area contributed by atoms with E-state index in [1.54, 1.807) is 6.92 Å². The first kappa shape index (κ1) is 19.2. The summed E-state index contributed by atoms with van der Waals surface area (Å²) in [5.41, 5.74) is 1.76. The first-order valence-electron chi connectivity index (χ1n) is 8.80. The zero-order valence-corrected chi connectivity index (χ0v) is 16.5. The molecule has 2 saturated heterocycles. The second kappa shape index (κ2) is 8.00. The molecule has 3 rings (SSSR count). The molecule has 8 heteroatoms. The molecule has 1 amide bonds. The molecule has 1 atom stereocenters. The number of sulfone groups is 1. The van der Waals surface area contributed by atoms with Crippen LogP contribution in [0.5, 0.6) is 0 Å². The zero-order chi connectivity index (χ0) is 18.7. The summed E-state index contributed by atoms with van der Waals surface area (Å²) in [5.74, 6) is 0.952. The number of hydrogen-bond donors (Lipinski definition) is 0. The Morgan fingerprint density at radius 1 is 1.12 bits per heavy atom. The Morgan fingerprint density at radius 3 is 2.31 bits per heavy atom. The first-order valence-corrected chi connectivity index (χ1v) is 11.7. The van der Waals surface area contributed by atoms with E-state index >= 15 is 0 Å². The number of amides is 1. The molecular formula is C18H24N2O4S2. The van der Waals surface area contributed by atoms with Crippen LogP contribution in [-0.4, -0.2) is 73.7 Å². The van der Waals surface area contributed by atoms with Crippen molar-refractivity contribution in [2.24, 2.45) is 0 Å². The van der Waals surface area contributed by atoms with E-state index in [1.807, 2.05) is 29.2 Å². The van der Waals surface area contributed by atoms with Gasteiger partial charge in [0, 0.05) is 42.7 Å². The molecule has 142 valence electrons. The topological polar surface area (TPSA) is 74.8 Å². The van der Waals surface area contributed by atoms with Crippen LogP contribution in [-0.2, 0) is 14.6 Å². The summed E-state index contributed by atoms with van der Waals surface area (Å²) in [6.07, 6.45) is 0.657. The molecule has 0 aliphatic carbocycles. The van der Waals surface area contributed by atoms with Crippen molar-refractivity contribution in [1.29, 1.82) is 0 Å². The van der Waals surface area contributed by atoms with E-state index in [9.17, 15) is 18.0 Å². The van der Waals surface area contributed by atoms with E-state index in [-0.39, 0.29) is 28.4 Å². The molecule has 0 bridgehead atoms. The van der Waals surface area contributed by atoms with E-state index < -0.39 is 9.84 Å². The first-order chi connectivity index (χ1) is 12.3. The van der Waals surface area contributed by atoms with Crippen molar-refractivity contribution in [1.82, 2.24) is 4.90 Å². The average Bonchev–Trinajstić information content (AvgIpc) is 2.99. The van der Waals surface area contributed by atoms with Crippen LogP contribution in [0, 0.1) is 0 Å². The number of Topliss-reactive ketones (excluding diaryl/α,β-unsaturated/α-hetero) is 1. The maximum atomic E-state index is 12.4. The molecule has 1 aromatic rings. The summed E-state index contributed by atoms with van der Waals surface area (Å²) in [4.78, 5) is 27.8. The minimum atomic E-state index is -2.89. The Hall–Kier alpha value is -1.54. The Morgan fingerprint density at radius 2 is 1.77 bits per heavy atom. The number of hydrogen-bond acceptors (Lipinski definition) is 6. The molecule has 0 aromatic heterocycles. The Labute approximate surface area is 158 Å². The smallest absolute Gasteiger partial charge is 0.232 e. The van der Waals surface area contributed by atoms with Crippen molar-refractivity contribution in [2.45, 2.75) is 18.6 Å². The Kier molecular flexibility index (Phi) is 5.92. The van der Waals surface area contributed by atoms with Gasteiger partial charge in [-0.1, -0.05) is 0 Å². The van der Waals surface area contributed by atoms with Gasteiger partial charge < -0.3 is 9.80 Å². The maximum Gasteiger partial charge on any atom is 0.232 e. The maximum absolute atomic E-state index is 12.4. The fourth-order valence-corrected chi connectivity index (χ4v) is 6.84. The normalized spacial score (nSPS) is 22.4. The second-order valence-corrected chi connectivity index (χ2v) is 10.3. The monoisotopic (exact) mass is 396 g/mol. The summed E-state index contributed by atoms with van der Waals surface area (Å²) in [6, 6.07) is 7.57. The predicted octanol–water partition coefficient (Wildman–Crippen LogP) is 1.46. The number of thioether (sulfide) groups is 1. The lowest BCUT2D eigenvalue weighted by molar-refractivity contribution is -0.128. The number of piperazine rings is 1. The number of benzene rings is 1. The number of anilines is 1. The Balaban J connectivity index is 1.45. The van der Waals surface area contributed by atoms with Crippen molar-refractivity contribution in [3.05, 3.63) is 29.8 Å². The van der Waals surface area contributed by atoms with Crippen LogP contribution >= 0.6 is 11.8 Å². The van der Waals surface area contributed by atoms with E-state index in [4.69, 9.17) is 0 Å². The lowest BCUT2D eigenvalue weighted by atomic mass is 10.1. The van der Waals surface area contributed by atoms with Gasteiger partial charge in [0.25, 0.3) is 0 Å². The highest BCUT2D eigenvalue weighted by Gasteiger charge is 2.29. The highest BCUT2D eigenvalue weighted by molar-refractivity contribution is 8.02. The highest BCUT2D eigenvalue weighted by Crippen LogP contribution is 2.25. The molecule has 0 unspecified atom stereocenters. The molecule has 2 fully saturated rings. The van der Waals surface area contributed by atoms with Crippen LogP contribution in [0.1, 0.15) is 23.7 Å². The van der Waals surface area contributed by atoms with Gasteiger partial charge in [-0.3, -0.25) is 9.59 Å². The van der Waals surface area contributed by atoms with Gasteiger partial charge in [0.2, 0.25) is 5.91 Å². The van der Waals surface area contributed by atoms with Gasteiger partial charge >= 0.3 is 0 Å². The summed E-state index contributed by atoms with van der Waals surface area (Å²) < 4.78 is 23.0. The minimum absolute atomic E-state index is 0.0551. The van der Waals surface area contributed by atoms with Crippen LogP contribution in [0.15, 0.2) is 24.3 Å². The number of carbonyl (C=O) groups excluding carboxylic acids is 2. The van der Waals surface area contributed by atoms with E-state index in [0.29, 0.717) is 30.8 Å². The predicted molar refractivity (Wildman–Crippen MR) is 105 cm³/mol. The van der Waals surface area contributed by atoms with Crippen LogP contribution in [0.2, 0.25) is 0 Å². The van der Waals surface area contributed by atoms with Gasteiger partial charge in [0.15, 0.2) is 15.6 Å². The lowest BCUT2D eigenvalue weighted by Crippen LogP contribution is -2.49. The average molecular weight is 397 g/mol. The van der Waals surface area contributed by atoms with Crippen molar-refractivity contribution < 1.29 is 18.0 Å². The SMILES string of the molecule is CC(=O)c1ccc(N2CCN(C(=O)CS[C@H]3CCS(=O)(=O)C3)CC2)cc1. The molecule has 2 heterocycles. The third kappa shape index (κ3) is 4.79. The molecule has 0 spiro atoms. The van der Waals surface area contributed by atoms with E-state index in [0.717, 1.165) is 18.8 Å². The third-order valence-corrected chi connectivity index (χ3v) is 8.17. The third-order valence-electron chi connectivity index (χ3n) is 4.90. The van der Waals surface area contributed by atoms with Crippen LogP contribution in [0.4, 0.5) is 5.69 Å². The van der Waals surface area contributed by atoms with Gasteiger partial charge in [0.05, 0.1) is 17.3 Å². The molecule has 6 nitrogen and oxygen atoms in total. The van der Waals surface area contributed by atoms with Crippen molar-refractivity contribution in [3.63, 3.8) is 0 Å². The molecule has 26 heavy (non-hydrogen) atoms. The van der Waals surface area contributed by atoms with Crippen LogP contribution < -0.4 is 4.90 Å². The molecule has 0 radical (unpaired) electrons. The van der Waals surface area contributed by atoms with Gasteiger partial charge in [-0.25, -0.2) is 8.42 Å². The summed E-state index contributed by atoms with van der Waals surface area (Å²) in [6.45, 7) is 4.40. The number of nitrogens with zero attached hydrogens (tertiary/aromatic N) is 2.